The van der Waals surface area contributed by atoms with Gasteiger partial charge in [-0.3, -0.25) is 0 Å². The van der Waals surface area contributed by atoms with Crippen molar-refractivity contribution >= 4 is 26.9 Å². The largest absolute Gasteiger partial charge is 0.493 e. The zero-order chi connectivity index (χ0) is 24.3. The highest BCUT2D eigenvalue weighted by atomic mass is 32.2. The molecule has 0 spiro atoms. The number of methoxy groups -OCH3 is 1. The number of aromatic nitrogens is 2. The van der Waals surface area contributed by atoms with E-state index in [0.29, 0.717) is 29.0 Å². The number of para-hydroxylation sites is 2. The van der Waals surface area contributed by atoms with E-state index in [9.17, 15) is 8.42 Å². The third kappa shape index (κ3) is 4.58. The molecule has 174 valence electrons. The van der Waals surface area contributed by atoms with Gasteiger partial charge in [0.05, 0.1) is 23.0 Å². The number of nitrogens with zero attached hydrogens (tertiary/aromatic N) is 3. The third-order valence-electron chi connectivity index (χ3n) is 5.31. The first-order valence-electron chi connectivity index (χ1n) is 10.6. The van der Waals surface area contributed by atoms with Gasteiger partial charge >= 0.3 is 0 Å². The van der Waals surface area contributed by atoms with Gasteiger partial charge in [0.2, 0.25) is 5.82 Å². The van der Waals surface area contributed by atoms with E-state index < -0.39 is 10.0 Å². The molecule has 34 heavy (non-hydrogen) atoms. The van der Waals surface area contributed by atoms with Crippen LogP contribution in [-0.4, -0.2) is 32.5 Å². The van der Waals surface area contributed by atoms with Gasteiger partial charge in [0.25, 0.3) is 15.9 Å². The fraction of sp³-hybridized carbons (Fsp3) is 0.154. The van der Waals surface area contributed by atoms with E-state index in [-0.39, 0.29) is 16.6 Å². The molecule has 0 fully saturated rings. The van der Waals surface area contributed by atoms with Gasteiger partial charge in [0.15, 0.2) is 11.5 Å². The van der Waals surface area contributed by atoms with E-state index in [1.165, 1.54) is 7.05 Å². The molecule has 0 saturated carbocycles. The Morgan fingerprint density at radius 1 is 0.971 bits per heavy atom. The second-order valence-electron chi connectivity index (χ2n) is 7.71. The molecule has 0 aliphatic carbocycles. The topological polar surface area (TPSA) is 81.6 Å². The number of aryl methyl sites for hydroxylation is 1. The van der Waals surface area contributed by atoms with Crippen molar-refractivity contribution < 1.29 is 17.9 Å². The Morgan fingerprint density at radius 3 is 2.29 bits per heavy atom. The summed E-state index contributed by atoms with van der Waals surface area (Å²) in [5.74, 6) is 0.995. The van der Waals surface area contributed by atoms with Crippen molar-refractivity contribution in [3.05, 3.63) is 90.5 Å². The maximum atomic E-state index is 13.4. The van der Waals surface area contributed by atoms with Gasteiger partial charge in [0.1, 0.15) is 0 Å². The smallest absolute Gasteiger partial charge is 0.265 e. The van der Waals surface area contributed by atoms with Crippen LogP contribution in [0.15, 0.2) is 84.3 Å². The molecule has 7 nitrogen and oxygen atoms in total. The van der Waals surface area contributed by atoms with Crippen LogP contribution in [0.4, 0.5) is 5.82 Å². The summed E-state index contributed by atoms with van der Waals surface area (Å²) < 4.78 is 39.5. The van der Waals surface area contributed by atoms with Crippen molar-refractivity contribution in [2.45, 2.75) is 18.2 Å². The summed E-state index contributed by atoms with van der Waals surface area (Å²) in [6.07, 6.45) is 2.47. The lowest BCUT2D eigenvalue weighted by atomic mass is 10.1. The molecule has 0 unspecified atom stereocenters. The van der Waals surface area contributed by atoms with Crippen LogP contribution in [0.2, 0.25) is 0 Å². The summed E-state index contributed by atoms with van der Waals surface area (Å²) in [6, 6.07) is 19.3. The Labute approximate surface area is 199 Å². The molecular formula is C26H25N3O4S. The van der Waals surface area contributed by atoms with Crippen molar-refractivity contribution in [1.82, 2.24) is 9.97 Å². The standard InChI is InChI=1S/C26H25N3O4S/c1-5-8-19-13-16-23(24(17-19)32-4)33-26-25(27-21-9-6-7-10-22(21)28-26)29(3)34(30,31)20-14-11-18(2)12-15-20/h5-7,9-17H,1,8H2,2-4H3. The monoisotopic (exact) mass is 475 g/mol. The minimum absolute atomic E-state index is 0.0478. The number of fused-ring (bicyclic) bond motifs is 1. The van der Waals surface area contributed by atoms with Gasteiger partial charge in [0, 0.05) is 7.05 Å². The molecule has 0 aliphatic heterocycles. The van der Waals surface area contributed by atoms with Gasteiger partial charge in [-0.2, -0.15) is 0 Å². The Bertz CT molecular complexity index is 1450. The summed E-state index contributed by atoms with van der Waals surface area (Å²) in [7, 11) is -0.935. The molecule has 0 amide bonds. The normalized spacial score (nSPS) is 11.3. The molecule has 8 heteroatoms. The lowest BCUT2D eigenvalue weighted by molar-refractivity contribution is 0.374. The molecule has 0 saturated heterocycles. The maximum Gasteiger partial charge on any atom is 0.265 e. The highest BCUT2D eigenvalue weighted by Crippen LogP contribution is 2.37. The lowest BCUT2D eigenvalue weighted by Crippen LogP contribution is -2.28. The Kier molecular flexibility index (Phi) is 6.51. The highest BCUT2D eigenvalue weighted by Gasteiger charge is 2.27. The molecule has 0 radical (unpaired) electrons. The third-order valence-corrected chi connectivity index (χ3v) is 7.08. The lowest BCUT2D eigenvalue weighted by Gasteiger charge is -2.21. The average molecular weight is 476 g/mol. The number of ether oxygens (including phenoxy) is 2. The number of allylic oxidation sites excluding steroid dienone is 1. The number of rotatable bonds is 8. The fourth-order valence-electron chi connectivity index (χ4n) is 3.42. The summed E-state index contributed by atoms with van der Waals surface area (Å²) >= 11 is 0. The first-order chi connectivity index (χ1) is 16.3. The van der Waals surface area contributed by atoms with Crippen molar-refractivity contribution in [3.63, 3.8) is 0 Å². The van der Waals surface area contributed by atoms with Crippen LogP contribution < -0.4 is 13.8 Å². The van der Waals surface area contributed by atoms with Gasteiger partial charge in [-0.1, -0.05) is 42.0 Å². The quantitative estimate of drug-likeness (QED) is 0.322. The molecule has 3 aromatic carbocycles. The van der Waals surface area contributed by atoms with Crippen LogP contribution in [0.1, 0.15) is 11.1 Å². The molecule has 1 aromatic heterocycles. The van der Waals surface area contributed by atoms with E-state index in [0.717, 1.165) is 15.4 Å². The summed E-state index contributed by atoms with van der Waals surface area (Å²) in [5, 5.41) is 0. The molecule has 1 heterocycles. The number of benzene rings is 3. The van der Waals surface area contributed by atoms with E-state index in [1.807, 2.05) is 31.2 Å². The predicted octanol–water partition coefficient (Wildman–Crippen LogP) is 5.29. The van der Waals surface area contributed by atoms with Crippen LogP contribution >= 0.6 is 0 Å². The minimum Gasteiger partial charge on any atom is -0.493 e. The second kappa shape index (κ2) is 9.52. The Morgan fingerprint density at radius 2 is 1.65 bits per heavy atom. The van der Waals surface area contributed by atoms with E-state index >= 15 is 0 Å². The van der Waals surface area contributed by atoms with E-state index in [1.54, 1.807) is 55.7 Å². The van der Waals surface area contributed by atoms with Crippen molar-refractivity contribution in [1.29, 1.82) is 0 Å². The highest BCUT2D eigenvalue weighted by molar-refractivity contribution is 7.92. The zero-order valence-corrected chi connectivity index (χ0v) is 20.0. The van der Waals surface area contributed by atoms with Gasteiger partial charge in [-0.25, -0.2) is 22.7 Å². The second-order valence-corrected chi connectivity index (χ2v) is 9.68. The van der Waals surface area contributed by atoms with Crippen LogP contribution in [0, 0.1) is 6.92 Å². The van der Waals surface area contributed by atoms with Crippen LogP contribution in [-0.2, 0) is 16.4 Å². The zero-order valence-electron chi connectivity index (χ0n) is 19.2. The number of hydrogen-bond donors (Lipinski definition) is 0. The Balaban J connectivity index is 1.82. The molecule has 4 rings (SSSR count). The molecule has 0 bridgehead atoms. The number of sulfonamides is 1. The van der Waals surface area contributed by atoms with Crippen LogP contribution in [0.3, 0.4) is 0 Å². The minimum atomic E-state index is -3.91. The first-order valence-corrected chi connectivity index (χ1v) is 12.1. The summed E-state index contributed by atoms with van der Waals surface area (Å²) in [6.45, 7) is 5.66. The van der Waals surface area contributed by atoms with Gasteiger partial charge < -0.3 is 9.47 Å². The van der Waals surface area contributed by atoms with E-state index in [4.69, 9.17) is 9.47 Å². The SMILES string of the molecule is C=CCc1ccc(Oc2nc3ccccc3nc2N(C)S(=O)(=O)c2ccc(C)cc2)c(OC)c1. The summed E-state index contributed by atoms with van der Waals surface area (Å²) in [4.78, 5) is 9.32. The molecule has 0 atom stereocenters. The summed E-state index contributed by atoms with van der Waals surface area (Å²) in [5.41, 5.74) is 3.08. The van der Waals surface area contributed by atoms with Crippen molar-refractivity contribution in [2.24, 2.45) is 0 Å². The van der Waals surface area contributed by atoms with Crippen LogP contribution in [0.25, 0.3) is 11.0 Å². The fourth-order valence-corrected chi connectivity index (χ4v) is 4.57. The van der Waals surface area contributed by atoms with E-state index in [2.05, 4.69) is 16.5 Å². The molecule has 4 aromatic rings. The Hall–Kier alpha value is -3.91. The van der Waals surface area contributed by atoms with Crippen molar-refractivity contribution in [3.8, 4) is 17.4 Å². The van der Waals surface area contributed by atoms with Crippen molar-refractivity contribution in [2.75, 3.05) is 18.5 Å². The number of hydrogen-bond acceptors (Lipinski definition) is 6. The van der Waals surface area contributed by atoms with Crippen LogP contribution in [0.5, 0.6) is 17.4 Å². The average Bonchev–Trinajstić information content (AvgIpc) is 2.84. The maximum absolute atomic E-state index is 13.4. The predicted molar refractivity (Wildman–Crippen MR) is 133 cm³/mol. The van der Waals surface area contributed by atoms with Gasteiger partial charge in [-0.05, 0) is 55.3 Å². The molecule has 0 aliphatic rings. The first kappa shape index (κ1) is 23.3. The van der Waals surface area contributed by atoms with Gasteiger partial charge in [-0.15, -0.1) is 6.58 Å². The molecular weight excluding hydrogens is 450 g/mol. The molecule has 0 N–H and O–H groups in total. The number of anilines is 1.